The molecule has 0 bridgehead atoms. The number of aromatic nitrogens is 1. The molecule has 0 N–H and O–H groups in total. The SMILES string of the molecule is CN(C)CCN(c1ccccn1)c1cccc2c1CCC2.Cl. The van der Waals surface area contributed by atoms with Crippen molar-refractivity contribution in [2.75, 3.05) is 32.1 Å². The first-order valence-electron chi connectivity index (χ1n) is 7.70. The molecule has 0 unspecified atom stereocenters. The van der Waals surface area contributed by atoms with Gasteiger partial charge in [-0.15, -0.1) is 12.4 Å². The second-order valence-corrected chi connectivity index (χ2v) is 5.91. The zero-order valence-electron chi connectivity index (χ0n) is 13.3. The Kier molecular flexibility index (Phi) is 5.81. The maximum absolute atomic E-state index is 4.57. The van der Waals surface area contributed by atoms with Gasteiger partial charge in [-0.2, -0.15) is 0 Å². The fraction of sp³-hybridized carbons (Fsp3) is 0.389. The van der Waals surface area contributed by atoms with E-state index >= 15 is 0 Å². The third-order valence-electron chi connectivity index (χ3n) is 4.11. The highest BCUT2D eigenvalue weighted by Crippen LogP contribution is 2.34. The first-order valence-corrected chi connectivity index (χ1v) is 7.70. The van der Waals surface area contributed by atoms with Gasteiger partial charge in [0.25, 0.3) is 0 Å². The predicted molar refractivity (Wildman–Crippen MR) is 95.5 cm³/mol. The molecule has 0 atom stereocenters. The van der Waals surface area contributed by atoms with Crippen LogP contribution in [0.2, 0.25) is 0 Å². The van der Waals surface area contributed by atoms with Crippen LogP contribution in [0.1, 0.15) is 17.5 Å². The fourth-order valence-electron chi connectivity index (χ4n) is 3.02. The minimum Gasteiger partial charge on any atom is -0.325 e. The summed E-state index contributed by atoms with van der Waals surface area (Å²) in [4.78, 5) is 9.15. The Hall–Kier alpha value is -1.58. The Labute approximate surface area is 139 Å². The van der Waals surface area contributed by atoms with Gasteiger partial charge in [-0.3, -0.25) is 0 Å². The summed E-state index contributed by atoms with van der Waals surface area (Å²) in [6, 6.07) is 12.8. The van der Waals surface area contributed by atoms with Crippen molar-refractivity contribution in [3.8, 4) is 0 Å². The molecule has 118 valence electrons. The molecule has 22 heavy (non-hydrogen) atoms. The van der Waals surface area contributed by atoms with E-state index in [0.29, 0.717) is 0 Å². The monoisotopic (exact) mass is 317 g/mol. The molecule has 0 spiro atoms. The third-order valence-corrected chi connectivity index (χ3v) is 4.11. The number of likely N-dealkylation sites (N-methyl/N-ethyl adjacent to an activating group) is 1. The topological polar surface area (TPSA) is 19.4 Å². The lowest BCUT2D eigenvalue weighted by molar-refractivity contribution is 0.418. The summed E-state index contributed by atoms with van der Waals surface area (Å²) in [6.45, 7) is 1.97. The highest BCUT2D eigenvalue weighted by atomic mass is 35.5. The average Bonchev–Trinajstić information content (AvgIpc) is 2.97. The van der Waals surface area contributed by atoms with Crippen LogP contribution in [-0.2, 0) is 12.8 Å². The lowest BCUT2D eigenvalue weighted by Crippen LogP contribution is -2.29. The van der Waals surface area contributed by atoms with Crippen molar-refractivity contribution in [1.29, 1.82) is 0 Å². The highest BCUT2D eigenvalue weighted by Gasteiger charge is 2.19. The van der Waals surface area contributed by atoms with Crippen LogP contribution in [0, 0.1) is 0 Å². The standard InChI is InChI=1S/C18H23N3.ClH/c1-20(2)13-14-21(18-11-3-4-12-19-18)17-10-6-8-15-7-5-9-16(15)17;/h3-4,6,8,10-12H,5,7,9,13-14H2,1-2H3;1H. The van der Waals surface area contributed by atoms with Crippen molar-refractivity contribution in [2.24, 2.45) is 0 Å². The summed E-state index contributed by atoms with van der Waals surface area (Å²) in [7, 11) is 4.23. The van der Waals surface area contributed by atoms with Crippen molar-refractivity contribution in [2.45, 2.75) is 19.3 Å². The zero-order valence-corrected chi connectivity index (χ0v) is 14.1. The summed E-state index contributed by atoms with van der Waals surface area (Å²) >= 11 is 0. The Morgan fingerprint density at radius 2 is 1.86 bits per heavy atom. The molecule has 1 aromatic heterocycles. The molecule has 0 fully saturated rings. The van der Waals surface area contributed by atoms with E-state index in [1.165, 1.54) is 36.1 Å². The first-order chi connectivity index (χ1) is 10.3. The lowest BCUT2D eigenvalue weighted by Gasteiger charge is -2.27. The van der Waals surface area contributed by atoms with Crippen molar-refractivity contribution in [3.63, 3.8) is 0 Å². The molecular formula is C18H24ClN3. The molecule has 1 heterocycles. The van der Waals surface area contributed by atoms with Gasteiger partial charge in [0.2, 0.25) is 0 Å². The van der Waals surface area contributed by atoms with Crippen LogP contribution >= 0.6 is 12.4 Å². The second-order valence-electron chi connectivity index (χ2n) is 5.91. The van der Waals surface area contributed by atoms with Gasteiger partial charge in [-0.05, 0) is 62.7 Å². The molecule has 3 nitrogen and oxygen atoms in total. The number of aryl methyl sites for hydroxylation is 1. The number of rotatable bonds is 5. The molecule has 1 aromatic carbocycles. The normalized spacial score (nSPS) is 12.9. The lowest BCUT2D eigenvalue weighted by atomic mass is 10.1. The van der Waals surface area contributed by atoms with Crippen LogP contribution in [0.3, 0.4) is 0 Å². The molecule has 1 aliphatic carbocycles. The van der Waals surface area contributed by atoms with Gasteiger partial charge in [0.15, 0.2) is 0 Å². The van der Waals surface area contributed by atoms with Gasteiger partial charge in [0.05, 0.1) is 0 Å². The summed E-state index contributed by atoms with van der Waals surface area (Å²) < 4.78 is 0. The van der Waals surface area contributed by atoms with Gasteiger partial charge >= 0.3 is 0 Å². The molecule has 3 rings (SSSR count). The summed E-state index contributed by atoms with van der Waals surface area (Å²) in [5, 5.41) is 0. The molecular weight excluding hydrogens is 294 g/mol. The Balaban J connectivity index is 0.00000176. The quantitative estimate of drug-likeness (QED) is 0.838. The number of nitrogens with zero attached hydrogens (tertiary/aromatic N) is 3. The van der Waals surface area contributed by atoms with Crippen LogP contribution in [0.5, 0.6) is 0 Å². The van der Waals surface area contributed by atoms with E-state index in [9.17, 15) is 0 Å². The van der Waals surface area contributed by atoms with Crippen LogP contribution in [0.4, 0.5) is 11.5 Å². The van der Waals surface area contributed by atoms with Gasteiger partial charge in [0.1, 0.15) is 5.82 Å². The van der Waals surface area contributed by atoms with Crippen LogP contribution in [-0.4, -0.2) is 37.1 Å². The maximum Gasteiger partial charge on any atom is 0.132 e. The van der Waals surface area contributed by atoms with Crippen molar-refractivity contribution < 1.29 is 0 Å². The van der Waals surface area contributed by atoms with Crippen LogP contribution in [0.15, 0.2) is 42.6 Å². The smallest absolute Gasteiger partial charge is 0.132 e. The van der Waals surface area contributed by atoms with Crippen molar-refractivity contribution in [1.82, 2.24) is 9.88 Å². The highest BCUT2D eigenvalue weighted by molar-refractivity contribution is 5.85. The van der Waals surface area contributed by atoms with E-state index < -0.39 is 0 Å². The Bertz CT molecular complexity index is 599. The van der Waals surface area contributed by atoms with E-state index in [4.69, 9.17) is 0 Å². The minimum absolute atomic E-state index is 0. The third kappa shape index (κ3) is 3.60. The molecule has 0 amide bonds. The number of fused-ring (bicyclic) bond motifs is 1. The molecule has 0 saturated heterocycles. The molecule has 0 saturated carbocycles. The average molecular weight is 318 g/mol. The Morgan fingerprint density at radius 1 is 1.00 bits per heavy atom. The van der Waals surface area contributed by atoms with Crippen molar-refractivity contribution >= 4 is 23.9 Å². The van der Waals surface area contributed by atoms with E-state index in [-0.39, 0.29) is 12.4 Å². The minimum atomic E-state index is 0. The Morgan fingerprint density at radius 3 is 2.59 bits per heavy atom. The number of hydrogen-bond donors (Lipinski definition) is 0. The van der Waals surface area contributed by atoms with Gasteiger partial charge in [-0.1, -0.05) is 18.2 Å². The summed E-state index contributed by atoms with van der Waals surface area (Å²) in [5.41, 5.74) is 4.37. The number of benzene rings is 1. The van der Waals surface area contributed by atoms with Crippen molar-refractivity contribution in [3.05, 3.63) is 53.7 Å². The van der Waals surface area contributed by atoms with E-state index in [0.717, 1.165) is 18.9 Å². The summed E-state index contributed by atoms with van der Waals surface area (Å²) in [5.74, 6) is 1.04. The van der Waals surface area contributed by atoms with E-state index in [1.54, 1.807) is 0 Å². The van der Waals surface area contributed by atoms with Crippen LogP contribution in [0.25, 0.3) is 0 Å². The molecule has 1 aliphatic rings. The van der Waals surface area contributed by atoms with E-state index in [2.05, 4.69) is 59.2 Å². The summed E-state index contributed by atoms with van der Waals surface area (Å²) in [6.07, 6.45) is 5.56. The van der Waals surface area contributed by atoms with Gasteiger partial charge in [-0.25, -0.2) is 4.98 Å². The molecule has 4 heteroatoms. The van der Waals surface area contributed by atoms with Gasteiger partial charge in [0, 0.05) is 25.0 Å². The molecule has 2 aromatic rings. The number of hydrogen-bond acceptors (Lipinski definition) is 3. The second kappa shape index (κ2) is 7.61. The van der Waals surface area contributed by atoms with E-state index in [1.807, 2.05) is 12.3 Å². The molecule has 0 aliphatic heterocycles. The number of halogens is 1. The maximum atomic E-state index is 4.57. The predicted octanol–water partition coefficient (Wildman–Crippen LogP) is 3.69. The number of pyridine rings is 1. The number of anilines is 2. The van der Waals surface area contributed by atoms with Crippen LogP contribution < -0.4 is 4.90 Å². The first kappa shape index (κ1) is 16.8. The zero-order chi connectivity index (χ0) is 14.7. The fourth-order valence-corrected chi connectivity index (χ4v) is 3.02. The largest absolute Gasteiger partial charge is 0.325 e. The van der Waals surface area contributed by atoms with Gasteiger partial charge < -0.3 is 9.80 Å². The molecule has 0 radical (unpaired) electrons.